The molecule has 0 spiro atoms. The Morgan fingerprint density at radius 3 is 2.53 bits per heavy atom. The van der Waals surface area contributed by atoms with Crippen molar-refractivity contribution in [3.63, 3.8) is 0 Å². The van der Waals surface area contributed by atoms with E-state index in [0.29, 0.717) is 4.83 Å². The Kier molecular flexibility index (Phi) is 5.14. The summed E-state index contributed by atoms with van der Waals surface area (Å²) in [5.41, 5.74) is 1.30. The SMILES string of the molecule is COc1ccc(CC(Br)C2CCCC2C)cc1OC. The molecule has 0 aromatic heterocycles. The van der Waals surface area contributed by atoms with Crippen LogP contribution < -0.4 is 9.47 Å². The molecule has 0 bridgehead atoms. The minimum absolute atomic E-state index is 0.558. The number of methoxy groups -OCH3 is 2. The number of hydrogen-bond acceptors (Lipinski definition) is 2. The van der Waals surface area contributed by atoms with Crippen molar-refractivity contribution in [2.75, 3.05) is 14.2 Å². The van der Waals surface area contributed by atoms with Crippen molar-refractivity contribution in [3.8, 4) is 11.5 Å². The minimum Gasteiger partial charge on any atom is -0.493 e. The zero-order valence-corrected chi connectivity index (χ0v) is 13.6. The van der Waals surface area contributed by atoms with Gasteiger partial charge in [-0.05, 0) is 42.4 Å². The second kappa shape index (κ2) is 6.65. The second-order valence-electron chi connectivity index (χ2n) is 5.48. The molecule has 3 unspecified atom stereocenters. The summed E-state index contributed by atoms with van der Waals surface area (Å²) in [5.74, 6) is 3.25. The molecule has 0 aliphatic heterocycles. The van der Waals surface area contributed by atoms with Gasteiger partial charge in [0.15, 0.2) is 11.5 Å². The van der Waals surface area contributed by atoms with E-state index in [1.54, 1.807) is 14.2 Å². The van der Waals surface area contributed by atoms with Gasteiger partial charge in [0.2, 0.25) is 0 Å². The molecule has 3 heteroatoms. The van der Waals surface area contributed by atoms with Gasteiger partial charge >= 0.3 is 0 Å². The number of halogens is 1. The van der Waals surface area contributed by atoms with Crippen LogP contribution in [0.2, 0.25) is 0 Å². The van der Waals surface area contributed by atoms with Crippen molar-refractivity contribution < 1.29 is 9.47 Å². The molecule has 1 aromatic rings. The van der Waals surface area contributed by atoms with E-state index < -0.39 is 0 Å². The van der Waals surface area contributed by atoms with E-state index in [0.717, 1.165) is 29.8 Å². The molecule has 1 aromatic carbocycles. The molecule has 2 rings (SSSR count). The van der Waals surface area contributed by atoms with E-state index in [9.17, 15) is 0 Å². The van der Waals surface area contributed by atoms with E-state index >= 15 is 0 Å². The summed E-state index contributed by atoms with van der Waals surface area (Å²) in [6, 6.07) is 6.22. The Morgan fingerprint density at radius 2 is 1.95 bits per heavy atom. The lowest BCUT2D eigenvalue weighted by atomic mass is 9.91. The van der Waals surface area contributed by atoms with Crippen LogP contribution in [0.1, 0.15) is 31.7 Å². The van der Waals surface area contributed by atoms with Crippen LogP contribution in [-0.2, 0) is 6.42 Å². The molecule has 0 radical (unpaired) electrons. The van der Waals surface area contributed by atoms with Crippen LogP contribution in [0.3, 0.4) is 0 Å². The van der Waals surface area contributed by atoms with Gasteiger partial charge in [-0.2, -0.15) is 0 Å². The minimum atomic E-state index is 0.558. The average molecular weight is 327 g/mol. The first-order valence-electron chi connectivity index (χ1n) is 7.00. The first-order valence-corrected chi connectivity index (χ1v) is 7.92. The van der Waals surface area contributed by atoms with Crippen LogP contribution >= 0.6 is 15.9 Å². The fraction of sp³-hybridized carbons (Fsp3) is 0.625. The highest BCUT2D eigenvalue weighted by atomic mass is 79.9. The molecule has 0 heterocycles. The lowest BCUT2D eigenvalue weighted by Gasteiger charge is -2.22. The van der Waals surface area contributed by atoms with Gasteiger partial charge in [-0.25, -0.2) is 0 Å². The summed E-state index contributed by atoms with van der Waals surface area (Å²) in [7, 11) is 3.36. The zero-order chi connectivity index (χ0) is 13.8. The first kappa shape index (κ1) is 14.7. The predicted octanol–water partition coefficient (Wildman–Crippen LogP) is 4.45. The molecule has 0 N–H and O–H groups in total. The second-order valence-corrected chi connectivity index (χ2v) is 6.66. The van der Waals surface area contributed by atoms with Crippen LogP contribution in [0.4, 0.5) is 0 Å². The van der Waals surface area contributed by atoms with Crippen LogP contribution in [0.5, 0.6) is 11.5 Å². The Bertz CT molecular complexity index is 419. The van der Waals surface area contributed by atoms with Crippen LogP contribution in [-0.4, -0.2) is 19.0 Å². The average Bonchev–Trinajstić information content (AvgIpc) is 2.85. The van der Waals surface area contributed by atoms with Gasteiger partial charge in [0, 0.05) is 4.83 Å². The molecule has 0 amide bonds. The van der Waals surface area contributed by atoms with Crippen molar-refractivity contribution in [1.82, 2.24) is 0 Å². The number of rotatable bonds is 5. The molecule has 106 valence electrons. The van der Waals surface area contributed by atoms with Gasteiger partial charge in [0.25, 0.3) is 0 Å². The van der Waals surface area contributed by atoms with Gasteiger partial charge in [-0.3, -0.25) is 0 Å². The van der Waals surface area contributed by atoms with Crippen LogP contribution in [0.25, 0.3) is 0 Å². The first-order chi connectivity index (χ1) is 9.15. The monoisotopic (exact) mass is 326 g/mol. The van der Waals surface area contributed by atoms with Crippen molar-refractivity contribution >= 4 is 15.9 Å². The summed E-state index contributed by atoms with van der Waals surface area (Å²) in [6.45, 7) is 2.38. The molecule has 2 nitrogen and oxygen atoms in total. The number of hydrogen-bond donors (Lipinski definition) is 0. The van der Waals surface area contributed by atoms with Crippen molar-refractivity contribution in [2.45, 2.75) is 37.4 Å². The van der Waals surface area contributed by atoms with E-state index in [2.05, 4.69) is 35.0 Å². The molecule has 1 aliphatic carbocycles. The van der Waals surface area contributed by atoms with Crippen molar-refractivity contribution in [2.24, 2.45) is 11.8 Å². The Morgan fingerprint density at radius 1 is 1.21 bits per heavy atom. The fourth-order valence-corrected chi connectivity index (χ4v) is 4.25. The number of ether oxygens (including phenoxy) is 2. The lowest BCUT2D eigenvalue weighted by Crippen LogP contribution is -2.19. The summed E-state index contributed by atoms with van der Waals surface area (Å²) >= 11 is 3.89. The zero-order valence-electron chi connectivity index (χ0n) is 12.0. The van der Waals surface area contributed by atoms with E-state index in [4.69, 9.17) is 9.47 Å². The summed E-state index contributed by atoms with van der Waals surface area (Å²) in [5, 5.41) is 0. The summed E-state index contributed by atoms with van der Waals surface area (Å²) in [6.07, 6.45) is 5.15. The van der Waals surface area contributed by atoms with Crippen molar-refractivity contribution in [3.05, 3.63) is 23.8 Å². The lowest BCUT2D eigenvalue weighted by molar-refractivity contribution is 0.354. The van der Waals surface area contributed by atoms with E-state index in [1.165, 1.54) is 24.8 Å². The standard InChI is InChI=1S/C16H23BrO2/c1-11-5-4-6-13(11)14(17)9-12-7-8-15(18-2)16(10-12)19-3/h7-8,10-11,13-14H,4-6,9H2,1-3H3. The van der Waals surface area contributed by atoms with Crippen LogP contribution in [0, 0.1) is 11.8 Å². The maximum atomic E-state index is 5.36. The molecule has 0 saturated heterocycles. The fourth-order valence-electron chi connectivity index (χ4n) is 3.10. The molecule has 1 fully saturated rings. The Balaban J connectivity index is 2.06. The number of alkyl halides is 1. The maximum Gasteiger partial charge on any atom is 0.160 e. The third-order valence-electron chi connectivity index (χ3n) is 4.27. The van der Waals surface area contributed by atoms with Gasteiger partial charge < -0.3 is 9.47 Å². The van der Waals surface area contributed by atoms with Gasteiger partial charge in [-0.1, -0.05) is 41.8 Å². The van der Waals surface area contributed by atoms with Crippen LogP contribution in [0.15, 0.2) is 18.2 Å². The third kappa shape index (κ3) is 3.44. The highest BCUT2D eigenvalue weighted by Crippen LogP contribution is 2.38. The third-order valence-corrected chi connectivity index (χ3v) is 5.27. The highest BCUT2D eigenvalue weighted by Gasteiger charge is 2.29. The summed E-state index contributed by atoms with van der Waals surface area (Å²) in [4.78, 5) is 0.558. The molecule has 1 aliphatic rings. The quantitative estimate of drug-likeness (QED) is 0.744. The largest absolute Gasteiger partial charge is 0.493 e. The Hall–Kier alpha value is -0.700. The van der Waals surface area contributed by atoms with Crippen molar-refractivity contribution in [1.29, 1.82) is 0 Å². The topological polar surface area (TPSA) is 18.5 Å². The Labute approximate surface area is 124 Å². The molecular weight excluding hydrogens is 304 g/mol. The van der Waals surface area contributed by atoms with E-state index in [-0.39, 0.29) is 0 Å². The molecule has 1 saturated carbocycles. The van der Waals surface area contributed by atoms with Gasteiger partial charge in [0.1, 0.15) is 0 Å². The molecule has 19 heavy (non-hydrogen) atoms. The van der Waals surface area contributed by atoms with Gasteiger partial charge in [-0.15, -0.1) is 0 Å². The number of benzene rings is 1. The molecular formula is C16H23BrO2. The predicted molar refractivity (Wildman–Crippen MR) is 82.5 cm³/mol. The summed E-state index contributed by atoms with van der Waals surface area (Å²) < 4.78 is 10.6. The highest BCUT2D eigenvalue weighted by molar-refractivity contribution is 9.09. The van der Waals surface area contributed by atoms with E-state index in [1.807, 2.05) is 6.07 Å². The normalized spacial score (nSPS) is 24.2. The maximum absolute atomic E-state index is 5.36. The smallest absolute Gasteiger partial charge is 0.160 e. The molecule has 3 atom stereocenters. The van der Waals surface area contributed by atoms with Gasteiger partial charge in [0.05, 0.1) is 14.2 Å².